The molecule has 11 atom stereocenters. The van der Waals surface area contributed by atoms with E-state index in [9.17, 15) is 20.4 Å². The highest BCUT2D eigenvalue weighted by Gasteiger charge is 2.79. The molecule has 6 aliphatic rings. The van der Waals surface area contributed by atoms with Gasteiger partial charge in [0.25, 0.3) is 5.79 Å². The second kappa shape index (κ2) is 7.06. The van der Waals surface area contributed by atoms with Gasteiger partial charge in [-0.25, -0.2) is 0 Å². The first-order valence-electron chi connectivity index (χ1n) is 12.7. The van der Waals surface area contributed by atoms with Crippen molar-refractivity contribution in [3.8, 4) is 0 Å². The summed E-state index contributed by atoms with van der Waals surface area (Å²) in [7, 11) is 1.55. The van der Waals surface area contributed by atoms with Gasteiger partial charge in [0, 0.05) is 24.0 Å². The van der Waals surface area contributed by atoms with Gasteiger partial charge in [-0.05, 0) is 37.0 Å². The monoisotopic (exact) mass is 478 g/mol. The molecule has 0 bridgehead atoms. The fourth-order valence-corrected chi connectivity index (χ4v) is 8.48. The van der Waals surface area contributed by atoms with Crippen LogP contribution in [0.5, 0.6) is 0 Å². The lowest BCUT2D eigenvalue weighted by atomic mass is 9.52. The molecule has 0 unspecified atom stereocenters. The molecule has 3 aliphatic carbocycles. The molecule has 6 rings (SSSR count). The number of hydrogen-bond donors (Lipinski definition) is 4. The van der Waals surface area contributed by atoms with Crippen LogP contribution in [0.3, 0.4) is 0 Å². The summed E-state index contributed by atoms with van der Waals surface area (Å²) in [5.41, 5.74) is 0.649. The Morgan fingerprint density at radius 1 is 1.09 bits per heavy atom. The fraction of sp³-hybridized carbons (Fsp3) is 0.846. The third-order valence-corrected chi connectivity index (χ3v) is 10.3. The minimum Gasteiger partial charge on any atom is -0.464 e. The summed E-state index contributed by atoms with van der Waals surface area (Å²) in [5, 5.41) is 46.1. The van der Waals surface area contributed by atoms with Gasteiger partial charge in [0.2, 0.25) is 0 Å². The van der Waals surface area contributed by atoms with Gasteiger partial charge in [-0.2, -0.15) is 0 Å². The summed E-state index contributed by atoms with van der Waals surface area (Å²) >= 11 is 0. The summed E-state index contributed by atoms with van der Waals surface area (Å²) in [4.78, 5) is 0. The van der Waals surface area contributed by atoms with Crippen LogP contribution in [0.2, 0.25) is 0 Å². The topological polar surface area (TPSA) is 118 Å². The van der Waals surface area contributed by atoms with Crippen LogP contribution in [-0.4, -0.2) is 76.2 Å². The number of fused-ring (bicyclic) bond motifs is 4. The zero-order chi connectivity index (χ0) is 24.4. The molecule has 3 heterocycles. The largest absolute Gasteiger partial charge is 0.464 e. The maximum Gasteiger partial charge on any atom is 0.270 e. The van der Waals surface area contributed by atoms with Crippen molar-refractivity contribution in [2.45, 2.75) is 95.5 Å². The normalized spacial score (nSPS) is 55.8. The third-order valence-electron chi connectivity index (χ3n) is 10.3. The predicted octanol–water partition coefficient (Wildman–Crippen LogP) is 1.61. The Morgan fingerprint density at radius 3 is 2.50 bits per heavy atom. The SMILES string of the molecule is CO[C@H]1C2=CO[C@@]3(O)[C@H](O)CO[C@H]4O[C@@H]([C@@H]2[C@]43O)[C@]2(C)CC[C@@]3(C)CCC(C(C)C)=C3[C@H]2[C@H]1O. The van der Waals surface area contributed by atoms with Crippen LogP contribution in [-0.2, 0) is 18.9 Å². The van der Waals surface area contributed by atoms with Crippen molar-refractivity contribution < 1.29 is 39.4 Å². The van der Waals surface area contributed by atoms with E-state index in [0.29, 0.717) is 11.5 Å². The molecule has 3 aliphatic heterocycles. The highest BCUT2D eigenvalue weighted by Crippen LogP contribution is 2.68. The van der Waals surface area contributed by atoms with E-state index in [0.717, 1.165) is 25.7 Å². The Morgan fingerprint density at radius 2 is 1.82 bits per heavy atom. The van der Waals surface area contributed by atoms with Gasteiger partial charge in [0.1, 0.15) is 12.2 Å². The van der Waals surface area contributed by atoms with Crippen molar-refractivity contribution in [1.82, 2.24) is 0 Å². The van der Waals surface area contributed by atoms with Gasteiger partial charge in [0.15, 0.2) is 11.9 Å². The van der Waals surface area contributed by atoms with Crippen molar-refractivity contribution >= 4 is 0 Å². The van der Waals surface area contributed by atoms with Gasteiger partial charge >= 0.3 is 0 Å². The maximum absolute atomic E-state index is 12.1. The molecule has 190 valence electrons. The molecular formula is C26H38O8. The zero-order valence-electron chi connectivity index (χ0n) is 20.7. The molecule has 0 aromatic rings. The van der Waals surface area contributed by atoms with E-state index in [2.05, 4.69) is 27.7 Å². The molecule has 0 spiro atoms. The van der Waals surface area contributed by atoms with E-state index in [-0.39, 0.29) is 17.9 Å². The quantitative estimate of drug-likeness (QED) is 0.442. The number of hydrogen-bond acceptors (Lipinski definition) is 8. The first-order valence-corrected chi connectivity index (χ1v) is 12.7. The number of ether oxygens (including phenoxy) is 4. The first-order chi connectivity index (χ1) is 15.9. The number of methoxy groups -OCH3 is 1. The molecule has 4 N–H and O–H groups in total. The van der Waals surface area contributed by atoms with Crippen LogP contribution in [0.25, 0.3) is 0 Å². The number of allylic oxidation sites excluding steroid dienone is 1. The molecule has 0 aromatic carbocycles. The second-order valence-electron chi connectivity index (χ2n) is 12.3. The maximum atomic E-state index is 12.1. The Kier molecular flexibility index (Phi) is 4.86. The van der Waals surface area contributed by atoms with E-state index in [4.69, 9.17) is 18.9 Å². The number of aliphatic hydroxyl groups excluding tert-OH is 2. The van der Waals surface area contributed by atoms with Crippen LogP contribution >= 0.6 is 0 Å². The average molecular weight is 479 g/mol. The Labute approximate surface area is 200 Å². The van der Waals surface area contributed by atoms with Crippen LogP contribution in [0.4, 0.5) is 0 Å². The van der Waals surface area contributed by atoms with Gasteiger partial charge < -0.3 is 39.4 Å². The lowest BCUT2D eigenvalue weighted by Gasteiger charge is -2.54. The number of aliphatic hydroxyl groups is 4. The van der Waals surface area contributed by atoms with Crippen molar-refractivity contribution in [1.29, 1.82) is 0 Å². The standard InChI is InChI=1S/C26H38O8/c1-12(2)13-6-7-23(3)8-9-24(4)18(16(13)23)19(28)20(31-5)14-10-33-26(30)15(27)11-32-22-25(26,29)17(14)21(24)34-22/h10,12,15,17-22,27-30H,6-9,11H2,1-5H3/t15-,17-,18+,19-,20+,21+,22+,23-,24-,25+,26+/m1/s1. The molecule has 4 fully saturated rings. The minimum atomic E-state index is -2.28. The molecule has 8 nitrogen and oxygen atoms in total. The summed E-state index contributed by atoms with van der Waals surface area (Å²) < 4.78 is 23.8. The Hall–Kier alpha value is -1.00. The van der Waals surface area contributed by atoms with E-state index in [1.165, 1.54) is 17.4 Å². The van der Waals surface area contributed by atoms with Crippen LogP contribution < -0.4 is 0 Å². The van der Waals surface area contributed by atoms with Crippen LogP contribution in [0, 0.1) is 28.6 Å². The summed E-state index contributed by atoms with van der Waals surface area (Å²) in [6.07, 6.45) is 0.354. The lowest BCUT2D eigenvalue weighted by Crippen LogP contribution is -2.75. The average Bonchev–Trinajstić information content (AvgIpc) is 3.27. The highest BCUT2D eigenvalue weighted by molar-refractivity contribution is 5.41. The highest BCUT2D eigenvalue weighted by atomic mass is 16.7. The second-order valence-corrected chi connectivity index (χ2v) is 12.3. The molecule has 2 saturated heterocycles. The molecule has 0 aromatic heterocycles. The first kappa shape index (κ1) is 23.4. The van der Waals surface area contributed by atoms with Crippen molar-refractivity contribution in [2.75, 3.05) is 13.7 Å². The predicted molar refractivity (Wildman–Crippen MR) is 120 cm³/mol. The van der Waals surface area contributed by atoms with E-state index < -0.39 is 53.4 Å². The molecule has 8 heteroatoms. The van der Waals surface area contributed by atoms with Crippen molar-refractivity contribution in [2.24, 2.45) is 28.6 Å². The summed E-state index contributed by atoms with van der Waals surface area (Å²) in [5.74, 6) is -2.94. The van der Waals surface area contributed by atoms with E-state index in [1.807, 2.05) is 0 Å². The smallest absolute Gasteiger partial charge is 0.270 e. The van der Waals surface area contributed by atoms with Crippen molar-refractivity contribution in [3.05, 3.63) is 23.0 Å². The number of rotatable bonds is 2. The zero-order valence-corrected chi connectivity index (χ0v) is 20.7. The molecule has 34 heavy (non-hydrogen) atoms. The van der Waals surface area contributed by atoms with Gasteiger partial charge in [-0.15, -0.1) is 0 Å². The van der Waals surface area contributed by atoms with Gasteiger partial charge in [-0.3, -0.25) is 0 Å². The molecule has 2 saturated carbocycles. The fourth-order valence-electron chi connectivity index (χ4n) is 8.48. The van der Waals surface area contributed by atoms with E-state index in [1.54, 1.807) is 7.11 Å². The third kappa shape index (κ3) is 2.48. The van der Waals surface area contributed by atoms with Gasteiger partial charge in [-0.1, -0.05) is 38.8 Å². The Bertz CT molecular complexity index is 960. The summed E-state index contributed by atoms with van der Waals surface area (Å²) in [6, 6.07) is 0. The van der Waals surface area contributed by atoms with Crippen molar-refractivity contribution in [3.63, 3.8) is 0 Å². The summed E-state index contributed by atoms with van der Waals surface area (Å²) in [6.45, 7) is 8.66. The molecular weight excluding hydrogens is 440 g/mol. The Balaban J connectivity index is 1.59. The van der Waals surface area contributed by atoms with E-state index >= 15 is 0 Å². The lowest BCUT2D eigenvalue weighted by molar-refractivity contribution is -0.401. The molecule has 0 radical (unpaired) electrons. The van der Waals surface area contributed by atoms with Crippen LogP contribution in [0.1, 0.15) is 53.4 Å². The minimum absolute atomic E-state index is 0.000851. The van der Waals surface area contributed by atoms with Gasteiger partial charge in [0.05, 0.1) is 31.0 Å². The van der Waals surface area contributed by atoms with Crippen LogP contribution in [0.15, 0.2) is 23.0 Å². The molecule has 0 amide bonds.